The highest BCUT2D eigenvalue weighted by Crippen LogP contribution is 2.20. The quantitative estimate of drug-likeness (QED) is 0.0511. The van der Waals surface area contributed by atoms with Crippen LogP contribution in [0.1, 0.15) is 63.8 Å². The Morgan fingerprint density at radius 3 is 1.04 bits per heavy atom. The summed E-state index contributed by atoms with van der Waals surface area (Å²) in [5.41, 5.74) is 17.7. The fraction of sp³-hybridized carbons (Fsp3) is 0.316. The topological polar surface area (TPSA) is 69.0 Å². The van der Waals surface area contributed by atoms with Gasteiger partial charge in [-0.1, -0.05) is 112 Å². The average molecular weight is 681 g/mol. The number of rotatable bonds is 12. The molecule has 8 heteroatoms. The van der Waals surface area contributed by atoms with Crippen LogP contribution in [0, 0.1) is 0 Å². The summed E-state index contributed by atoms with van der Waals surface area (Å²) in [6.07, 6.45) is 18.9. The maximum Gasteiger partial charge on any atom is 0.169 e. The van der Waals surface area contributed by atoms with Gasteiger partial charge in [0, 0.05) is 41.9 Å². The molecule has 0 amide bonds. The second-order valence-electron chi connectivity index (χ2n) is 8.72. The van der Waals surface area contributed by atoms with Gasteiger partial charge in [0.2, 0.25) is 0 Å². The molecule has 2 heterocycles. The van der Waals surface area contributed by atoms with Crippen LogP contribution in [0.4, 0.5) is 11.4 Å². The Hall–Kier alpha value is -3.17. The second-order valence-corrected chi connectivity index (χ2v) is 12.1. The Kier molecular flexibility index (Phi) is 27.2. The van der Waals surface area contributed by atoms with Crippen LogP contribution >= 0.6 is 33.6 Å². The highest BCUT2D eigenvalue weighted by atomic mass is 33.1. The van der Waals surface area contributed by atoms with Gasteiger partial charge in [0.25, 0.3) is 0 Å². The van der Waals surface area contributed by atoms with Crippen molar-refractivity contribution in [3.8, 4) is 0 Å². The van der Waals surface area contributed by atoms with Crippen molar-refractivity contribution in [1.82, 2.24) is 0 Å². The van der Waals surface area contributed by atoms with Gasteiger partial charge in [-0.2, -0.15) is 0 Å². The van der Waals surface area contributed by atoms with E-state index in [0.717, 1.165) is 47.1 Å². The molecule has 5 nitrogen and oxygen atoms in total. The largest absolute Gasteiger partial charge is 0.399 e. The van der Waals surface area contributed by atoms with E-state index in [2.05, 4.69) is 86.7 Å². The van der Waals surface area contributed by atoms with E-state index in [4.69, 9.17) is 11.5 Å². The zero-order valence-corrected chi connectivity index (χ0v) is 31.5. The molecule has 0 radical (unpaired) electrons. The minimum Gasteiger partial charge on any atom is -0.399 e. The predicted molar refractivity (Wildman–Crippen MR) is 212 cm³/mol. The van der Waals surface area contributed by atoms with Gasteiger partial charge in [0.1, 0.15) is 0 Å². The van der Waals surface area contributed by atoms with Gasteiger partial charge in [0.15, 0.2) is 37.9 Å². The maximum absolute atomic E-state index is 5.74. The molecular weight excluding hydrogens is 625 g/mol. The van der Waals surface area contributed by atoms with Gasteiger partial charge in [-0.15, -0.1) is 0 Å². The fourth-order valence-electron chi connectivity index (χ4n) is 3.46. The van der Waals surface area contributed by atoms with E-state index >= 15 is 0 Å². The standard InChI is InChI=1S/C30H30N4S2.C2H6OS.3C2H6/c31-29-9-5-25(6-10-29)1-3-27-13-17-33(18-14-27)21-23-35-36-24-22-34-19-15-28(16-20-34)4-2-26-7-11-30(32)12-8-26;1-3-4-2;3*1-2/h1-20,31-32H,21-24H2;1-2H3;3*1-2H3/p+2. The number of nitrogens with zero attached hydrogens (tertiary/aromatic N) is 2. The normalized spacial score (nSPS) is 10.0. The van der Waals surface area contributed by atoms with Crippen molar-refractivity contribution in [3.63, 3.8) is 0 Å². The van der Waals surface area contributed by atoms with E-state index in [1.165, 1.54) is 23.2 Å². The Bertz CT molecular complexity index is 1210. The maximum atomic E-state index is 5.74. The molecule has 250 valence electrons. The van der Waals surface area contributed by atoms with Crippen LogP contribution in [0.2, 0.25) is 0 Å². The molecule has 2 aromatic carbocycles. The van der Waals surface area contributed by atoms with Gasteiger partial charge in [-0.05, 0) is 58.6 Å². The van der Waals surface area contributed by atoms with E-state index in [1.54, 1.807) is 7.11 Å². The summed E-state index contributed by atoms with van der Waals surface area (Å²) >= 11 is 1.36. The Morgan fingerprint density at radius 1 is 0.522 bits per heavy atom. The van der Waals surface area contributed by atoms with Gasteiger partial charge >= 0.3 is 0 Å². The minimum atomic E-state index is 0.788. The first-order valence-corrected chi connectivity index (χ1v) is 19.6. The minimum absolute atomic E-state index is 0.788. The highest BCUT2D eigenvalue weighted by Gasteiger charge is 2.03. The number of benzene rings is 2. The van der Waals surface area contributed by atoms with Crippen LogP contribution in [0.3, 0.4) is 0 Å². The molecule has 0 saturated carbocycles. The van der Waals surface area contributed by atoms with E-state index in [9.17, 15) is 0 Å². The number of nitrogen functional groups attached to an aromatic ring is 2. The molecule has 4 N–H and O–H groups in total. The lowest BCUT2D eigenvalue weighted by molar-refractivity contribution is -0.692. The zero-order chi connectivity index (χ0) is 34.4. The van der Waals surface area contributed by atoms with Crippen molar-refractivity contribution >= 4 is 69.3 Å². The summed E-state index contributed by atoms with van der Waals surface area (Å²) in [4.78, 5) is 0. The summed E-state index contributed by atoms with van der Waals surface area (Å²) in [6, 6.07) is 24.4. The lowest BCUT2D eigenvalue weighted by Gasteiger charge is -2.00. The Morgan fingerprint density at radius 2 is 0.783 bits per heavy atom. The number of aryl methyl sites for hydroxylation is 2. The Balaban J connectivity index is 0.00000182. The molecule has 0 unspecified atom stereocenters. The van der Waals surface area contributed by atoms with Crippen LogP contribution < -0.4 is 20.6 Å². The third-order valence-electron chi connectivity index (χ3n) is 5.76. The van der Waals surface area contributed by atoms with Crippen LogP contribution in [0.25, 0.3) is 24.3 Å². The number of anilines is 2. The fourth-order valence-corrected chi connectivity index (χ4v) is 5.42. The van der Waals surface area contributed by atoms with Crippen molar-refractivity contribution in [3.05, 3.63) is 120 Å². The monoisotopic (exact) mass is 680 g/mol. The van der Waals surface area contributed by atoms with Gasteiger partial charge < -0.3 is 15.7 Å². The number of pyridine rings is 2. The number of hydrogen-bond donors (Lipinski definition) is 2. The third-order valence-corrected chi connectivity index (χ3v) is 8.46. The molecule has 4 rings (SSSR count). The second kappa shape index (κ2) is 29.2. The summed E-state index contributed by atoms with van der Waals surface area (Å²) in [5, 5.41) is 0. The van der Waals surface area contributed by atoms with E-state index < -0.39 is 0 Å². The average Bonchev–Trinajstić information content (AvgIpc) is 3.13. The van der Waals surface area contributed by atoms with Crippen LogP contribution in [-0.4, -0.2) is 24.9 Å². The first-order valence-electron chi connectivity index (χ1n) is 15.9. The molecule has 0 atom stereocenters. The van der Waals surface area contributed by atoms with E-state index in [-0.39, 0.29) is 0 Å². The number of aromatic nitrogens is 2. The summed E-state index contributed by atoms with van der Waals surface area (Å²) in [5.74, 6) is 2.16. The third kappa shape index (κ3) is 20.1. The van der Waals surface area contributed by atoms with Gasteiger partial charge in [-0.25, -0.2) is 9.13 Å². The first-order chi connectivity index (χ1) is 22.6. The van der Waals surface area contributed by atoms with Crippen molar-refractivity contribution in [2.75, 3.05) is 36.3 Å². The first kappa shape index (κ1) is 42.8. The lowest BCUT2D eigenvalue weighted by Crippen LogP contribution is -2.34. The SMILES string of the molecule is CC.CC.CC.COSC.Nc1ccc(/C=C/c2cc[n+](CCSSCC[n+]3ccc(/C=C/c4ccc(N)cc4)cc3)cc2)cc1. The van der Waals surface area contributed by atoms with E-state index in [1.807, 2.05) is 118 Å². The molecular formula is C38H56N4OS3+2. The van der Waals surface area contributed by atoms with E-state index in [0.29, 0.717) is 0 Å². The van der Waals surface area contributed by atoms with Gasteiger partial charge in [0.05, 0.1) is 18.6 Å². The lowest BCUT2D eigenvalue weighted by atomic mass is 10.1. The molecule has 0 saturated heterocycles. The molecule has 4 aromatic rings. The molecule has 46 heavy (non-hydrogen) atoms. The highest BCUT2D eigenvalue weighted by molar-refractivity contribution is 8.76. The van der Waals surface area contributed by atoms with Crippen molar-refractivity contribution < 1.29 is 13.3 Å². The summed E-state index contributed by atoms with van der Waals surface area (Å²) in [7, 11) is 5.50. The van der Waals surface area contributed by atoms with Gasteiger partial charge in [-0.3, -0.25) is 0 Å². The van der Waals surface area contributed by atoms with Crippen molar-refractivity contribution in [1.29, 1.82) is 0 Å². The molecule has 2 aromatic heterocycles. The van der Waals surface area contributed by atoms with Crippen LogP contribution in [0.5, 0.6) is 0 Å². The zero-order valence-electron chi connectivity index (χ0n) is 29.1. The Labute approximate surface area is 292 Å². The molecule has 0 spiro atoms. The molecule has 0 aliphatic carbocycles. The number of nitrogens with two attached hydrogens (primary N) is 2. The summed E-state index contributed by atoms with van der Waals surface area (Å²) in [6.45, 7) is 14.0. The number of hydrogen-bond acceptors (Lipinski definition) is 6. The molecule has 0 bridgehead atoms. The summed E-state index contributed by atoms with van der Waals surface area (Å²) < 4.78 is 8.93. The predicted octanol–water partition coefficient (Wildman–Crippen LogP) is 9.84. The smallest absolute Gasteiger partial charge is 0.169 e. The van der Waals surface area contributed by atoms with Crippen molar-refractivity contribution in [2.24, 2.45) is 0 Å². The van der Waals surface area contributed by atoms with Crippen molar-refractivity contribution in [2.45, 2.75) is 54.6 Å². The molecule has 0 aliphatic rings. The molecule has 0 fully saturated rings. The van der Waals surface area contributed by atoms with Crippen LogP contribution in [0.15, 0.2) is 97.6 Å². The van der Waals surface area contributed by atoms with Crippen LogP contribution in [-0.2, 0) is 17.3 Å². The molecule has 0 aliphatic heterocycles.